The maximum absolute atomic E-state index is 13.4. The van der Waals surface area contributed by atoms with E-state index in [0.717, 1.165) is 25.3 Å². The van der Waals surface area contributed by atoms with E-state index >= 15 is 0 Å². The minimum absolute atomic E-state index is 0.281. The standard InChI is InChI=1S/C32H41N7O4/c1-6-33-31(40)25-15-24(32(41)36-30-20(3)14-29(42-5)37-38-30)19(2)13-27(25)43-28(18-39-12-11-34-21(4)17-39)26-10-9-23(16-35-26)22-7-8-22/h9-10,13-16,21-22,28,34H,6-8,11-12,17-18H2,1-5H3,(H,33,40)(H,36,38,41)/t21-,28-/m1/s1. The molecule has 1 aliphatic heterocycles. The number of aromatic nitrogens is 3. The molecule has 228 valence electrons. The zero-order valence-electron chi connectivity index (χ0n) is 25.6. The van der Waals surface area contributed by atoms with Gasteiger partial charge in [0.1, 0.15) is 5.75 Å². The van der Waals surface area contributed by atoms with Gasteiger partial charge in [-0.15, -0.1) is 10.2 Å². The molecule has 5 rings (SSSR count). The van der Waals surface area contributed by atoms with Crippen LogP contribution in [0.3, 0.4) is 0 Å². The Morgan fingerprint density at radius 1 is 1.09 bits per heavy atom. The second-order valence-electron chi connectivity index (χ2n) is 11.4. The quantitative estimate of drug-likeness (QED) is 0.307. The van der Waals surface area contributed by atoms with E-state index in [4.69, 9.17) is 14.5 Å². The van der Waals surface area contributed by atoms with Crippen molar-refractivity contribution in [3.05, 3.63) is 70.0 Å². The van der Waals surface area contributed by atoms with Crippen LogP contribution in [0.15, 0.2) is 36.5 Å². The number of anilines is 1. The summed E-state index contributed by atoms with van der Waals surface area (Å²) in [6.45, 7) is 11.4. The Morgan fingerprint density at radius 2 is 1.91 bits per heavy atom. The number of ether oxygens (including phenoxy) is 2. The summed E-state index contributed by atoms with van der Waals surface area (Å²) in [6, 6.07) is 9.59. The van der Waals surface area contributed by atoms with Gasteiger partial charge in [-0.1, -0.05) is 6.07 Å². The maximum Gasteiger partial charge on any atom is 0.257 e. The Labute approximate surface area is 252 Å². The molecule has 0 bridgehead atoms. The van der Waals surface area contributed by atoms with Gasteiger partial charge in [0.05, 0.1) is 18.4 Å². The maximum atomic E-state index is 13.4. The average Bonchev–Trinajstić information content (AvgIpc) is 3.84. The van der Waals surface area contributed by atoms with Crippen LogP contribution in [0.5, 0.6) is 11.6 Å². The number of nitrogens with zero attached hydrogens (tertiary/aromatic N) is 4. The van der Waals surface area contributed by atoms with Crippen LogP contribution >= 0.6 is 0 Å². The summed E-state index contributed by atoms with van der Waals surface area (Å²) in [6.07, 6.45) is 3.96. The van der Waals surface area contributed by atoms with Crippen molar-refractivity contribution < 1.29 is 19.1 Å². The van der Waals surface area contributed by atoms with E-state index in [2.05, 4.69) is 44.0 Å². The summed E-state index contributed by atoms with van der Waals surface area (Å²) >= 11 is 0. The fourth-order valence-electron chi connectivity index (χ4n) is 5.34. The van der Waals surface area contributed by atoms with Crippen molar-refractivity contribution in [2.24, 2.45) is 0 Å². The minimum Gasteiger partial charge on any atom is -0.482 e. The largest absolute Gasteiger partial charge is 0.482 e. The molecule has 1 aliphatic carbocycles. The molecule has 3 heterocycles. The summed E-state index contributed by atoms with van der Waals surface area (Å²) in [4.78, 5) is 33.9. The normalized spacial score (nSPS) is 17.7. The molecule has 0 radical (unpaired) electrons. The topological polar surface area (TPSA) is 131 Å². The van der Waals surface area contributed by atoms with Crippen LogP contribution in [0.2, 0.25) is 0 Å². The Kier molecular flexibility index (Phi) is 9.52. The summed E-state index contributed by atoms with van der Waals surface area (Å²) in [5.41, 5.74) is 4.04. The van der Waals surface area contributed by atoms with Crippen LogP contribution < -0.4 is 25.4 Å². The van der Waals surface area contributed by atoms with E-state index in [1.807, 2.05) is 26.1 Å². The van der Waals surface area contributed by atoms with Crippen molar-refractivity contribution in [2.45, 2.75) is 58.6 Å². The van der Waals surface area contributed by atoms with Crippen molar-refractivity contribution in [3.63, 3.8) is 0 Å². The third kappa shape index (κ3) is 7.47. The molecule has 0 unspecified atom stereocenters. The monoisotopic (exact) mass is 587 g/mol. The number of rotatable bonds is 11. The highest BCUT2D eigenvalue weighted by Gasteiger charge is 2.28. The van der Waals surface area contributed by atoms with Crippen LogP contribution in [0, 0.1) is 13.8 Å². The summed E-state index contributed by atoms with van der Waals surface area (Å²) in [7, 11) is 1.51. The molecule has 1 saturated heterocycles. The number of benzene rings is 1. The van der Waals surface area contributed by atoms with Crippen LogP contribution in [0.25, 0.3) is 0 Å². The lowest BCUT2D eigenvalue weighted by atomic mass is 10.0. The third-order valence-electron chi connectivity index (χ3n) is 7.89. The molecular weight excluding hydrogens is 546 g/mol. The number of hydrogen-bond acceptors (Lipinski definition) is 9. The summed E-state index contributed by atoms with van der Waals surface area (Å²) in [5, 5.41) is 17.2. The van der Waals surface area contributed by atoms with Gasteiger partial charge in [-0.3, -0.25) is 19.5 Å². The lowest BCUT2D eigenvalue weighted by Gasteiger charge is -2.34. The lowest BCUT2D eigenvalue weighted by molar-refractivity contribution is 0.0929. The molecule has 2 fully saturated rings. The highest BCUT2D eigenvalue weighted by molar-refractivity contribution is 6.07. The number of pyridine rings is 1. The van der Waals surface area contributed by atoms with Gasteiger partial charge in [0.2, 0.25) is 5.88 Å². The number of hydrogen-bond donors (Lipinski definition) is 3. The number of nitrogens with one attached hydrogen (secondary N) is 3. The zero-order valence-corrected chi connectivity index (χ0v) is 25.6. The molecule has 3 N–H and O–H groups in total. The smallest absolute Gasteiger partial charge is 0.257 e. The van der Waals surface area contributed by atoms with E-state index in [1.54, 1.807) is 25.1 Å². The second kappa shape index (κ2) is 13.5. The molecular formula is C32H41N7O4. The van der Waals surface area contributed by atoms with Gasteiger partial charge in [0, 0.05) is 56.6 Å². The fraction of sp³-hybridized carbons (Fsp3) is 0.469. The Balaban J connectivity index is 1.46. The molecule has 2 atom stereocenters. The van der Waals surface area contributed by atoms with E-state index in [0.29, 0.717) is 59.2 Å². The van der Waals surface area contributed by atoms with Gasteiger partial charge in [0.15, 0.2) is 11.9 Å². The van der Waals surface area contributed by atoms with Gasteiger partial charge in [0.25, 0.3) is 11.8 Å². The van der Waals surface area contributed by atoms with Crippen molar-refractivity contribution in [3.8, 4) is 11.6 Å². The molecule has 2 aliphatic rings. The van der Waals surface area contributed by atoms with Crippen LogP contribution in [0.1, 0.15) is 81.8 Å². The van der Waals surface area contributed by atoms with E-state index in [-0.39, 0.29) is 11.5 Å². The molecule has 43 heavy (non-hydrogen) atoms. The summed E-state index contributed by atoms with van der Waals surface area (Å²) in [5.74, 6) is 0.957. The van der Waals surface area contributed by atoms with E-state index in [9.17, 15) is 9.59 Å². The number of methoxy groups -OCH3 is 1. The Hall–Kier alpha value is -4.09. The van der Waals surface area contributed by atoms with Crippen molar-refractivity contribution in [2.75, 3.05) is 45.2 Å². The number of carbonyl (C=O) groups is 2. The molecule has 1 aromatic carbocycles. The molecule has 0 spiro atoms. The molecule has 1 saturated carbocycles. The van der Waals surface area contributed by atoms with Crippen LogP contribution in [-0.2, 0) is 0 Å². The minimum atomic E-state index is -0.414. The first kappa shape index (κ1) is 30.4. The predicted octanol–water partition coefficient (Wildman–Crippen LogP) is 3.79. The first-order chi connectivity index (χ1) is 20.7. The zero-order chi connectivity index (χ0) is 30.5. The Bertz CT molecular complexity index is 1460. The van der Waals surface area contributed by atoms with Crippen LogP contribution in [0.4, 0.5) is 5.82 Å². The van der Waals surface area contributed by atoms with Crippen LogP contribution in [-0.4, -0.2) is 77.8 Å². The van der Waals surface area contributed by atoms with E-state index in [1.165, 1.54) is 25.5 Å². The van der Waals surface area contributed by atoms with Gasteiger partial charge < -0.3 is 25.4 Å². The van der Waals surface area contributed by atoms with Gasteiger partial charge >= 0.3 is 0 Å². The van der Waals surface area contributed by atoms with Gasteiger partial charge in [-0.2, -0.15) is 0 Å². The van der Waals surface area contributed by atoms with Gasteiger partial charge in [-0.05, 0) is 81.3 Å². The molecule has 11 heteroatoms. The molecule has 2 amide bonds. The summed E-state index contributed by atoms with van der Waals surface area (Å²) < 4.78 is 11.8. The van der Waals surface area contributed by atoms with Crippen molar-refractivity contribution in [1.29, 1.82) is 0 Å². The second-order valence-corrected chi connectivity index (χ2v) is 11.4. The number of aryl methyl sites for hydroxylation is 2. The van der Waals surface area contributed by atoms with Crippen molar-refractivity contribution in [1.82, 2.24) is 30.7 Å². The lowest BCUT2D eigenvalue weighted by Crippen LogP contribution is -2.50. The Morgan fingerprint density at radius 3 is 2.56 bits per heavy atom. The van der Waals surface area contributed by atoms with E-state index < -0.39 is 12.0 Å². The molecule has 2 aromatic heterocycles. The third-order valence-corrected chi connectivity index (χ3v) is 7.89. The van der Waals surface area contributed by atoms with Gasteiger partial charge in [-0.25, -0.2) is 0 Å². The fourth-order valence-corrected chi connectivity index (χ4v) is 5.34. The van der Waals surface area contributed by atoms with Crippen molar-refractivity contribution >= 4 is 17.6 Å². The number of piperazine rings is 1. The SMILES string of the molecule is CCNC(=O)c1cc(C(=O)Nc2nnc(OC)cc2C)c(C)cc1O[C@H](CN1CCN[C@H](C)C1)c1ccc(C2CC2)cn1. The molecule has 3 aromatic rings. The first-order valence-corrected chi connectivity index (χ1v) is 15.0. The first-order valence-electron chi connectivity index (χ1n) is 15.0. The molecule has 11 nitrogen and oxygen atoms in total. The highest BCUT2D eigenvalue weighted by Crippen LogP contribution is 2.40. The number of amides is 2. The number of carbonyl (C=O) groups excluding carboxylic acids is 2. The average molecular weight is 588 g/mol. The predicted molar refractivity (Wildman–Crippen MR) is 164 cm³/mol. The highest BCUT2D eigenvalue weighted by atomic mass is 16.5.